The fourth-order valence-corrected chi connectivity index (χ4v) is 5.70. The Kier molecular flexibility index (Phi) is 4.71. The lowest BCUT2D eigenvalue weighted by Crippen LogP contribution is -2.23. The van der Waals surface area contributed by atoms with Gasteiger partial charge >= 0.3 is 0 Å². The van der Waals surface area contributed by atoms with Crippen molar-refractivity contribution in [3.05, 3.63) is 65.6 Å². The summed E-state index contributed by atoms with van der Waals surface area (Å²) < 4.78 is 42.5. The van der Waals surface area contributed by atoms with Crippen LogP contribution in [0.3, 0.4) is 0 Å². The van der Waals surface area contributed by atoms with Crippen LogP contribution in [0.25, 0.3) is 16.5 Å². The quantitative estimate of drug-likeness (QED) is 0.677. The number of carbonyl (C=O) groups is 1. The molecule has 0 bridgehead atoms. The number of nitrogens with one attached hydrogen (secondary N) is 1. The topological polar surface area (TPSA) is 71.4 Å². The summed E-state index contributed by atoms with van der Waals surface area (Å²) in [7, 11) is -1.88. The van der Waals surface area contributed by atoms with E-state index in [9.17, 15) is 17.6 Å². The Balaban J connectivity index is 1.65. The van der Waals surface area contributed by atoms with E-state index in [0.717, 1.165) is 36.2 Å². The van der Waals surface area contributed by atoms with Crippen LogP contribution in [-0.4, -0.2) is 43.3 Å². The van der Waals surface area contributed by atoms with Crippen LogP contribution in [0.15, 0.2) is 53.6 Å². The molecule has 2 aliphatic heterocycles. The highest BCUT2D eigenvalue weighted by atomic mass is 32.2. The summed E-state index contributed by atoms with van der Waals surface area (Å²) in [5.74, 6) is -0.473. The predicted octanol–water partition coefficient (Wildman–Crippen LogP) is 3.62. The lowest BCUT2D eigenvalue weighted by molar-refractivity contribution is -0.116. The van der Waals surface area contributed by atoms with Crippen LogP contribution in [0.2, 0.25) is 0 Å². The summed E-state index contributed by atoms with van der Waals surface area (Å²) in [6.07, 6.45) is 5.27. The molecule has 3 heterocycles. The number of hydrogen-bond donors (Lipinski definition) is 1. The molecule has 0 spiro atoms. The standard InChI is InChI=1S/C23H22FN3O3S/c1-26-10-8-15(9-11-26)20-14-27(22-6-3-17(24)13-19(20)22)31(29,30)18-4-5-21-16(12-18)2-7-23(28)25-21/h3-6,8,12-14H,2,7,9-11H2,1H3,(H,25,28). The number of nitrogens with zero attached hydrogens (tertiary/aromatic N) is 2. The van der Waals surface area contributed by atoms with Gasteiger partial charge < -0.3 is 10.2 Å². The molecule has 3 aromatic rings. The average Bonchev–Trinajstić information content (AvgIpc) is 3.13. The first-order chi connectivity index (χ1) is 14.8. The van der Waals surface area contributed by atoms with Gasteiger partial charge in [-0.2, -0.15) is 0 Å². The Bertz CT molecular complexity index is 1360. The molecule has 5 rings (SSSR count). The van der Waals surface area contributed by atoms with Crippen LogP contribution in [0.4, 0.5) is 10.1 Å². The Morgan fingerprint density at radius 3 is 2.68 bits per heavy atom. The van der Waals surface area contributed by atoms with Crippen molar-refractivity contribution in [2.24, 2.45) is 0 Å². The molecule has 1 aromatic heterocycles. The Morgan fingerprint density at radius 2 is 1.90 bits per heavy atom. The lowest BCUT2D eigenvalue weighted by atomic mass is 9.99. The predicted molar refractivity (Wildman–Crippen MR) is 118 cm³/mol. The number of rotatable bonds is 3. The minimum atomic E-state index is -3.91. The number of halogens is 1. The van der Waals surface area contributed by atoms with Gasteiger partial charge in [0.15, 0.2) is 0 Å². The molecule has 0 unspecified atom stereocenters. The molecule has 160 valence electrons. The molecule has 2 aliphatic rings. The van der Waals surface area contributed by atoms with Crippen molar-refractivity contribution < 1.29 is 17.6 Å². The Morgan fingerprint density at radius 1 is 1.06 bits per heavy atom. The van der Waals surface area contributed by atoms with Crippen molar-refractivity contribution in [1.82, 2.24) is 8.87 Å². The van der Waals surface area contributed by atoms with E-state index < -0.39 is 15.8 Å². The molecule has 0 atom stereocenters. The van der Waals surface area contributed by atoms with E-state index in [2.05, 4.69) is 16.3 Å². The van der Waals surface area contributed by atoms with Crippen LogP contribution in [-0.2, 0) is 21.2 Å². The largest absolute Gasteiger partial charge is 0.326 e. The van der Waals surface area contributed by atoms with Gasteiger partial charge in [-0.15, -0.1) is 0 Å². The maximum atomic E-state index is 14.1. The molecule has 1 N–H and O–H groups in total. The zero-order chi connectivity index (χ0) is 21.8. The zero-order valence-electron chi connectivity index (χ0n) is 17.1. The fourth-order valence-electron chi connectivity index (χ4n) is 4.28. The summed E-state index contributed by atoms with van der Waals surface area (Å²) in [5, 5.41) is 3.36. The first-order valence-electron chi connectivity index (χ1n) is 10.2. The molecule has 0 saturated carbocycles. The van der Waals surface area contributed by atoms with Crippen LogP contribution < -0.4 is 5.32 Å². The van der Waals surface area contributed by atoms with Gasteiger partial charge in [-0.25, -0.2) is 16.8 Å². The maximum Gasteiger partial charge on any atom is 0.268 e. The van der Waals surface area contributed by atoms with Crippen molar-refractivity contribution in [1.29, 1.82) is 0 Å². The number of fused-ring (bicyclic) bond motifs is 2. The first kappa shape index (κ1) is 20.0. The monoisotopic (exact) mass is 439 g/mol. The van der Waals surface area contributed by atoms with Gasteiger partial charge in [0.05, 0.1) is 10.4 Å². The molecule has 1 amide bonds. The summed E-state index contributed by atoms with van der Waals surface area (Å²) in [5.41, 5.74) is 3.66. The van der Waals surface area contributed by atoms with Gasteiger partial charge in [-0.3, -0.25) is 4.79 Å². The molecule has 8 heteroatoms. The van der Waals surface area contributed by atoms with E-state index in [1.807, 2.05) is 7.05 Å². The molecular formula is C23H22FN3O3S. The number of amides is 1. The van der Waals surface area contributed by atoms with Gasteiger partial charge in [0.2, 0.25) is 5.91 Å². The normalized spacial score (nSPS) is 17.4. The summed E-state index contributed by atoms with van der Waals surface area (Å²) >= 11 is 0. The number of hydrogen-bond acceptors (Lipinski definition) is 4. The van der Waals surface area contributed by atoms with Crippen LogP contribution in [0.5, 0.6) is 0 Å². The molecule has 2 aromatic carbocycles. The second kappa shape index (κ2) is 7.32. The molecule has 0 fully saturated rings. The second-order valence-corrected chi connectivity index (χ2v) is 9.93. The summed E-state index contributed by atoms with van der Waals surface area (Å²) in [4.78, 5) is 13.9. The van der Waals surface area contributed by atoms with E-state index in [-0.39, 0.29) is 10.8 Å². The Hall–Kier alpha value is -2.97. The highest BCUT2D eigenvalue weighted by Gasteiger charge is 2.25. The van der Waals surface area contributed by atoms with Gasteiger partial charge in [0.1, 0.15) is 5.82 Å². The van der Waals surface area contributed by atoms with Crippen LogP contribution >= 0.6 is 0 Å². The van der Waals surface area contributed by atoms with Gasteiger partial charge in [0, 0.05) is 42.3 Å². The van der Waals surface area contributed by atoms with E-state index in [4.69, 9.17) is 0 Å². The van der Waals surface area contributed by atoms with Crippen LogP contribution in [0, 0.1) is 5.82 Å². The van der Waals surface area contributed by atoms with Crippen molar-refractivity contribution >= 4 is 38.1 Å². The fraction of sp³-hybridized carbons (Fsp3) is 0.261. The second-order valence-electron chi connectivity index (χ2n) is 8.11. The third-order valence-corrected chi connectivity index (χ3v) is 7.69. The molecular weight excluding hydrogens is 417 g/mol. The number of aromatic nitrogens is 1. The van der Waals surface area contributed by atoms with Crippen molar-refractivity contribution in [3.8, 4) is 0 Å². The summed E-state index contributed by atoms with van der Waals surface area (Å²) in [6.45, 7) is 1.62. The highest BCUT2D eigenvalue weighted by Crippen LogP contribution is 2.34. The smallest absolute Gasteiger partial charge is 0.268 e. The molecule has 0 radical (unpaired) electrons. The average molecular weight is 440 g/mol. The van der Waals surface area contributed by atoms with Gasteiger partial charge in [-0.1, -0.05) is 6.08 Å². The van der Waals surface area contributed by atoms with Crippen molar-refractivity contribution in [2.75, 3.05) is 25.5 Å². The minimum absolute atomic E-state index is 0.0717. The van der Waals surface area contributed by atoms with Crippen molar-refractivity contribution in [3.63, 3.8) is 0 Å². The van der Waals surface area contributed by atoms with Crippen LogP contribution in [0.1, 0.15) is 24.0 Å². The number of aryl methyl sites for hydroxylation is 1. The SMILES string of the molecule is CN1CC=C(c2cn(S(=O)(=O)c3ccc4c(c3)CCC(=O)N4)c3ccc(F)cc23)CC1. The third-order valence-electron chi connectivity index (χ3n) is 6.02. The van der Waals surface area contributed by atoms with E-state index >= 15 is 0 Å². The van der Waals surface area contributed by atoms with E-state index in [1.165, 1.54) is 28.2 Å². The molecule has 6 nitrogen and oxygen atoms in total. The zero-order valence-corrected chi connectivity index (χ0v) is 17.9. The van der Waals surface area contributed by atoms with E-state index in [1.54, 1.807) is 18.3 Å². The molecule has 0 saturated heterocycles. The number of anilines is 1. The Labute approximate surface area is 180 Å². The van der Waals surface area contributed by atoms with Gasteiger partial charge in [-0.05, 0) is 67.4 Å². The number of carbonyl (C=O) groups excluding carboxylic acids is 1. The van der Waals surface area contributed by atoms with E-state index in [0.29, 0.717) is 29.4 Å². The minimum Gasteiger partial charge on any atom is -0.326 e. The maximum absolute atomic E-state index is 14.1. The lowest BCUT2D eigenvalue weighted by Gasteiger charge is -2.21. The first-order valence-corrected chi connectivity index (χ1v) is 11.6. The third kappa shape index (κ3) is 3.45. The van der Waals surface area contributed by atoms with Crippen molar-refractivity contribution in [2.45, 2.75) is 24.2 Å². The molecule has 0 aliphatic carbocycles. The number of likely N-dealkylation sites (N-methyl/N-ethyl adjacent to an activating group) is 1. The van der Waals surface area contributed by atoms with Gasteiger partial charge in [0.25, 0.3) is 10.0 Å². The summed E-state index contributed by atoms with van der Waals surface area (Å²) in [6, 6.07) is 8.95. The number of benzene rings is 2. The molecule has 31 heavy (non-hydrogen) atoms. The highest BCUT2D eigenvalue weighted by molar-refractivity contribution is 7.90.